The molecule has 0 fully saturated rings. The highest BCUT2D eigenvalue weighted by molar-refractivity contribution is 5.99. The number of nitrogens with one attached hydrogen (secondary N) is 1. The Hall–Kier alpha value is -3.10. The molecule has 31 heavy (non-hydrogen) atoms. The van der Waals surface area contributed by atoms with Gasteiger partial charge in [-0.15, -0.1) is 0 Å². The van der Waals surface area contributed by atoms with Crippen LogP contribution in [-0.4, -0.2) is 30.3 Å². The van der Waals surface area contributed by atoms with E-state index >= 15 is 0 Å². The van der Waals surface area contributed by atoms with Gasteiger partial charge in [0.1, 0.15) is 17.9 Å². The van der Waals surface area contributed by atoms with Crippen molar-refractivity contribution in [2.45, 2.75) is 52.3 Å². The van der Waals surface area contributed by atoms with Crippen LogP contribution in [0.2, 0.25) is 0 Å². The van der Waals surface area contributed by atoms with E-state index in [1.54, 1.807) is 19.9 Å². The number of ketones is 1. The largest absolute Gasteiger partial charge is 0.466 e. The Morgan fingerprint density at radius 2 is 1.81 bits per heavy atom. The van der Waals surface area contributed by atoms with Gasteiger partial charge in [0.15, 0.2) is 5.78 Å². The third kappa shape index (κ3) is 6.97. The van der Waals surface area contributed by atoms with E-state index in [4.69, 9.17) is 9.15 Å². The number of carbonyl (C=O) groups excluding carboxylic acids is 3. The Labute approximate surface area is 177 Å². The molecule has 0 radical (unpaired) electrons. The highest BCUT2D eigenvalue weighted by Crippen LogP contribution is 2.32. The summed E-state index contributed by atoms with van der Waals surface area (Å²) in [6, 6.07) is 5.47. The van der Waals surface area contributed by atoms with Crippen molar-refractivity contribution in [2.75, 3.05) is 6.61 Å². The quantitative estimate of drug-likeness (QED) is 0.467. The highest BCUT2D eigenvalue weighted by atomic mass is 19.4. The first-order valence-electron chi connectivity index (χ1n) is 9.76. The van der Waals surface area contributed by atoms with Crippen LogP contribution >= 0.6 is 0 Å². The van der Waals surface area contributed by atoms with Crippen molar-refractivity contribution in [3.05, 3.63) is 47.2 Å². The molecule has 1 aromatic heterocycles. The number of ether oxygens (including phenoxy) is 1. The summed E-state index contributed by atoms with van der Waals surface area (Å²) in [4.78, 5) is 35.4. The second-order valence-corrected chi connectivity index (χ2v) is 7.00. The number of Topliss-reactive ketones (excluding diaryl/α,β-unsaturated/α-hetero) is 1. The molecule has 1 unspecified atom stereocenters. The van der Waals surface area contributed by atoms with Gasteiger partial charge in [0, 0.05) is 12.0 Å². The molecule has 1 aromatic carbocycles. The van der Waals surface area contributed by atoms with E-state index in [9.17, 15) is 27.6 Å². The van der Waals surface area contributed by atoms with Crippen molar-refractivity contribution in [1.29, 1.82) is 0 Å². The molecular formula is C22H24F3NO5. The zero-order valence-corrected chi connectivity index (χ0v) is 17.5. The van der Waals surface area contributed by atoms with Crippen LogP contribution in [0.1, 0.15) is 43.6 Å². The topological polar surface area (TPSA) is 85.6 Å². The maximum absolute atomic E-state index is 12.7. The average Bonchev–Trinajstić information content (AvgIpc) is 3.06. The highest BCUT2D eigenvalue weighted by Gasteiger charge is 2.30. The summed E-state index contributed by atoms with van der Waals surface area (Å²) >= 11 is 0. The molecule has 168 valence electrons. The molecule has 0 aliphatic carbocycles. The Bertz CT molecular complexity index is 932. The van der Waals surface area contributed by atoms with Crippen molar-refractivity contribution in [2.24, 2.45) is 0 Å². The molecule has 0 bridgehead atoms. The van der Waals surface area contributed by atoms with Gasteiger partial charge in [-0.3, -0.25) is 14.4 Å². The van der Waals surface area contributed by atoms with Crippen molar-refractivity contribution in [3.8, 4) is 11.3 Å². The number of halogens is 3. The second kappa shape index (κ2) is 10.3. The number of hydrogen-bond acceptors (Lipinski definition) is 5. The van der Waals surface area contributed by atoms with Crippen LogP contribution in [-0.2, 0) is 31.7 Å². The van der Waals surface area contributed by atoms with Crippen LogP contribution in [0.5, 0.6) is 0 Å². The van der Waals surface area contributed by atoms with Gasteiger partial charge in [-0.05, 0) is 51.0 Å². The van der Waals surface area contributed by atoms with Crippen LogP contribution in [0.3, 0.4) is 0 Å². The Kier molecular flexibility index (Phi) is 8.01. The van der Waals surface area contributed by atoms with Gasteiger partial charge in [0.25, 0.3) is 0 Å². The average molecular weight is 439 g/mol. The van der Waals surface area contributed by atoms with Gasteiger partial charge < -0.3 is 14.5 Å². The van der Waals surface area contributed by atoms with Gasteiger partial charge in [-0.2, -0.15) is 13.2 Å². The van der Waals surface area contributed by atoms with E-state index in [2.05, 4.69) is 5.32 Å². The fourth-order valence-electron chi connectivity index (χ4n) is 2.88. The van der Waals surface area contributed by atoms with E-state index in [-0.39, 0.29) is 18.9 Å². The molecule has 1 atom stereocenters. The van der Waals surface area contributed by atoms with Crippen LogP contribution in [0, 0.1) is 6.92 Å². The molecular weight excluding hydrogens is 415 g/mol. The van der Waals surface area contributed by atoms with Gasteiger partial charge in [-0.1, -0.05) is 12.1 Å². The standard InChI is InChI=1S/C22H24F3NO5/c1-4-30-21(29)12-18(27)13(2)26-20(28)10-7-16-11-19(31-14(16)3)15-5-8-17(9-6-15)22(23,24)25/h5-6,8-9,11,13H,4,7,10,12H2,1-3H3,(H,26,28). The van der Waals surface area contributed by atoms with Crippen molar-refractivity contribution < 1.29 is 36.7 Å². The third-order valence-electron chi connectivity index (χ3n) is 4.62. The number of aryl methyl sites for hydroxylation is 2. The number of carbonyl (C=O) groups is 3. The summed E-state index contributed by atoms with van der Waals surface area (Å²) in [5, 5.41) is 2.54. The monoisotopic (exact) mass is 439 g/mol. The van der Waals surface area contributed by atoms with Gasteiger partial charge in [-0.25, -0.2) is 0 Å². The number of rotatable bonds is 9. The summed E-state index contributed by atoms with van der Waals surface area (Å²) in [6.45, 7) is 5.00. The lowest BCUT2D eigenvalue weighted by Gasteiger charge is -2.12. The summed E-state index contributed by atoms with van der Waals surface area (Å²) in [7, 11) is 0. The third-order valence-corrected chi connectivity index (χ3v) is 4.62. The van der Waals surface area contributed by atoms with Gasteiger partial charge in [0.2, 0.25) is 5.91 Å². The van der Waals surface area contributed by atoms with Crippen LogP contribution < -0.4 is 5.32 Å². The number of benzene rings is 1. The first-order chi connectivity index (χ1) is 14.5. The Balaban J connectivity index is 1.93. The van der Waals surface area contributed by atoms with E-state index in [1.807, 2.05) is 0 Å². The van der Waals surface area contributed by atoms with E-state index < -0.39 is 36.0 Å². The van der Waals surface area contributed by atoms with E-state index in [0.717, 1.165) is 17.7 Å². The first kappa shape index (κ1) is 24.2. The minimum Gasteiger partial charge on any atom is -0.466 e. The summed E-state index contributed by atoms with van der Waals surface area (Å²) in [6.07, 6.45) is -4.43. The summed E-state index contributed by atoms with van der Waals surface area (Å²) in [5.41, 5.74) is 0.476. The lowest BCUT2D eigenvalue weighted by Crippen LogP contribution is -2.39. The van der Waals surface area contributed by atoms with Crippen LogP contribution in [0.25, 0.3) is 11.3 Å². The van der Waals surface area contributed by atoms with Crippen molar-refractivity contribution in [1.82, 2.24) is 5.32 Å². The summed E-state index contributed by atoms with van der Waals surface area (Å²) < 4.78 is 48.4. The molecule has 0 aliphatic rings. The molecule has 1 heterocycles. The first-order valence-corrected chi connectivity index (χ1v) is 9.76. The molecule has 0 saturated carbocycles. The number of esters is 1. The number of alkyl halides is 3. The molecule has 1 amide bonds. The maximum atomic E-state index is 12.7. The van der Waals surface area contributed by atoms with Crippen LogP contribution in [0.15, 0.2) is 34.7 Å². The molecule has 0 spiro atoms. The predicted octanol–water partition coefficient (Wildman–Crippen LogP) is 4.23. The number of furan rings is 1. The smallest absolute Gasteiger partial charge is 0.416 e. The zero-order valence-electron chi connectivity index (χ0n) is 17.5. The summed E-state index contributed by atoms with van der Waals surface area (Å²) in [5.74, 6) is -0.510. The molecule has 1 N–H and O–H groups in total. The maximum Gasteiger partial charge on any atom is 0.416 e. The van der Waals surface area contributed by atoms with Crippen molar-refractivity contribution >= 4 is 17.7 Å². The van der Waals surface area contributed by atoms with Crippen molar-refractivity contribution in [3.63, 3.8) is 0 Å². The second-order valence-electron chi connectivity index (χ2n) is 7.00. The zero-order chi connectivity index (χ0) is 23.2. The molecule has 0 aliphatic heterocycles. The Morgan fingerprint density at radius 1 is 1.16 bits per heavy atom. The molecule has 9 heteroatoms. The molecule has 2 aromatic rings. The van der Waals surface area contributed by atoms with Gasteiger partial charge >= 0.3 is 12.1 Å². The predicted molar refractivity (Wildman–Crippen MR) is 106 cm³/mol. The minimum absolute atomic E-state index is 0.0733. The lowest BCUT2D eigenvalue weighted by molar-refractivity contribution is -0.146. The molecule has 6 nitrogen and oxygen atoms in total. The number of hydrogen-bond donors (Lipinski definition) is 1. The SMILES string of the molecule is CCOC(=O)CC(=O)C(C)NC(=O)CCc1cc(-c2ccc(C(F)(F)F)cc2)oc1C. The normalized spacial score (nSPS) is 12.3. The van der Waals surface area contributed by atoms with E-state index in [0.29, 0.717) is 23.5 Å². The molecule has 2 rings (SSSR count). The van der Waals surface area contributed by atoms with E-state index in [1.165, 1.54) is 19.1 Å². The van der Waals surface area contributed by atoms with Gasteiger partial charge in [0.05, 0.1) is 18.2 Å². The minimum atomic E-state index is -4.41. The van der Waals surface area contributed by atoms with Crippen LogP contribution in [0.4, 0.5) is 13.2 Å². The fraction of sp³-hybridized carbons (Fsp3) is 0.409. The molecule has 0 saturated heterocycles. The number of amides is 1. The fourth-order valence-corrected chi connectivity index (χ4v) is 2.88. The lowest BCUT2D eigenvalue weighted by atomic mass is 10.1. The Morgan fingerprint density at radius 3 is 2.39 bits per heavy atom.